The Labute approximate surface area is 120 Å². The lowest BCUT2D eigenvalue weighted by molar-refractivity contribution is 0.994. The molecule has 1 aromatic heterocycles. The lowest BCUT2D eigenvalue weighted by atomic mass is 10.1. The van der Waals surface area contributed by atoms with Crippen molar-refractivity contribution in [3.63, 3.8) is 0 Å². The van der Waals surface area contributed by atoms with Crippen LogP contribution in [0.25, 0.3) is 10.8 Å². The van der Waals surface area contributed by atoms with Gasteiger partial charge in [-0.3, -0.25) is 0 Å². The van der Waals surface area contributed by atoms with Gasteiger partial charge in [0.2, 0.25) is 0 Å². The number of aromatic nitrogens is 2. The molecule has 0 N–H and O–H groups in total. The van der Waals surface area contributed by atoms with Gasteiger partial charge in [-0.1, -0.05) is 54.1 Å². The van der Waals surface area contributed by atoms with Crippen LogP contribution in [0.3, 0.4) is 0 Å². The van der Waals surface area contributed by atoms with E-state index in [1.54, 1.807) is 11.8 Å². The zero-order valence-corrected chi connectivity index (χ0v) is 11.7. The Balaban J connectivity index is 1.91. The topological polar surface area (TPSA) is 25.8 Å². The zero-order valence-electron chi connectivity index (χ0n) is 10.1. The van der Waals surface area contributed by atoms with Crippen LogP contribution in [0.1, 0.15) is 5.69 Å². The molecule has 0 atom stereocenters. The molecule has 2 nitrogen and oxygen atoms in total. The molecule has 3 aromatic rings. The average Bonchev–Trinajstić information content (AvgIpc) is 2.48. The Hall–Kier alpha value is -1.58. The fourth-order valence-corrected chi connectivity index (χ4v) is 2.97. The van der Waals surface area contributed by atoms with Crippen molar-refractivity contribution < 1.29 is 0 Å². The largest absolute Gasteiger partial charge is 0.159 e. The standard InChI is InChI=1S/C15H11ClN2S/c16-15-13-9-5-4-8-12(13)14(17-18-15)10-19-11-6-2-1-3-7-11/h1-9H,10H2. The third-order valence-corrected chi connectivity index (χ3v) is 4.14. The Bertz CT molecular complexity index is 701. The van der Waals surface area contributed by atoms with Crippen molar-refractivity contribution in [1.29, 1.82) is 0 Å². The molecule has 0 unspecified atom stereocenters. The van der Waals surface area contributed by atoms with Crippen LogP contribution < -0.4 is 0 Å². The monoisotopic (exact) mass is 286 g/mol. The van der Waals surface area contributed by atoms with Gasteiger partial charge in [0.1, 0.15) is 0 Å². The van der Waals surface area contributed by atoms with Gasteiger partial charge in [-0.25, -0.2) is 0 Å². The van der Waals surface area contributed by atoms with Gasteiger partial charge in [0, 0.05) is 21.4 Å². The molecular formula is C15H11ClN2S. The van der Waals surface area contributed by atoms with Crippen LogP contribution in [0.5, 0.6) is 0 Å². The molecule has 4 heteroatoms. The second-order valence-corrected chi connectivity index (χ2v) is 5.49. The second-order valence-electron chi connectivity index (χ2n) is 4.08. The summed E-state index contributed by atoms with van der Waals surface area (Å²) in [5.74, 6) is 0.786. The average molecular weight is 287 g/mol. The maximum absolute atomic E-state index is 6.07. The van der Waals surface area contributed by atoms with E-state index >= 15 is 0 Å². The quantitative estimate of drug-likeness (QED) is 0.659. The van der Waals surface area contributed by atoms with E-state index in [9.17, 15) is 0 Å². The van der Waals surface area contributed by atoms with E-state index in [0.717, 1.165) is 22.2 Å². The highest BCUT2D eigenvalue weighted by molar-refractivity contribution is 7.98. The van der Waals surface area contributed by atoms with Crippen LogP contribution in [0.4, 0.5) is 0 Å². The van der Waals surface area contributed by atoms with Crippen molar-refractivity contribution in [2.45, 2.75) is 10.6 Å². The molecule has 3 rings (SSSR count). The molecule has 0 saturated heterocycles. The Morgan fingerprint density at radius 2 is 1.53 bits per heavy atom. The summed E-state index contributed by atoms with van der Waals surface area (Å²) in [4.78, 5) is 1.23. The number of benzene rings is 2. The smallest absolute Gasteiger partial charge is 0.153 e. The van der Waals surface area contributed by atoms with Crippen molar-refractivity contribution in [2.75, 3.05) is 0 Å². The van der Waals surface area contributed by atoms with Crippen LogP contribution in [-0.4, -0.2) is 10.2 Å². The Kier molecular flexibility index (Phi) is 3.67. The van der Waals surface area contributed by atoms with Gasteiger partial charge in [-0.05, 0) is 12.1 Å². The van der Waals surface area contributed by atoms with Crippen molar-refractivity contribution >= 4 is 34.1 Å². The highest BCUT2D eigenvalue weighted by Gasteiger charge is 2.07. The van der Waals surface area contributed by atoms with Gasteiger partial charge in [-0.2, -0.15) is 5.10 Å². The number of hydrogen-bond donors (Lipinski definition) is 0. The van der Waals surface area contributed by atoms with E-state index < -0.39 is 0 Å². The van der Waals surface area contributed by atoms with Crippen LogP contribution in [-0.2, 0) is 5.75 Å². The molecule has 0 spiro atoms. The van der Waals surface area contributed by atoms with Gasteiger partial charge in [0.25, 0.3) is 0 Å². The van der Waals surface area contributed by atoms with Gasteiger partial charge in [-0.15, -0.1) is 16.9 Å². The number of hydrogen-bond acceptors (Lipinski definition) is 3. The van der Waals surface area contributed by atoms with E-state index in [0.29, 0.717) is 5.15 Å². The molecule has 0 aliphatic rings. The van der Waals surface area contributed by atoms with E-state index in [1.165, 1.54) is 4.90 Å². The van der Waals surface area contributed by atoms with Crippen molar-refractivity contribution in [3.05, 3.63) is 65.4 Å². The molecule has 0 aliphatic heterocycles. The lowest BCUT2D eigenvalue weighted by Gasteiger charge is -2.05. The fourth-order valence-electron chi connectivity index (χ4n) is 1.90. The molecule has 0 aliphatic carbocycles. The summed E-state index contributed by atoms with van der Waals surface area (Å²) in [6, 6.07) is 18.2. The van der Waals surface area contributed by atoms with Gasteiger partial charge in [0.05, 0.1) is 5.69 Å². The summed E-state index contributed by atoms with van der Waals surface area (Å²) < 4.78 is 0. The maximum atomic E-state index is 6.07. The number of fused-ring (bicyclic) bond motifs is 1. The fraction of sp³-hybridized carbons (Fsp3) is 0.0667. The summed E-state index contributed by atoms with van der Waals surface area (Å²) in [6.45, 7) is 0. The number of rotatable bonds is 3. The third kappa shape index (κ3) is 2.72. The molecule has 19 heavy (non-hydrogen) atoms. The number of thioether (sulfide) groups is 1. The first-order chi connectivity index (χ1) is 9.34. The minimum absolute atomic E-state index is 0.462. The summed E-state index contributed by atoms with van der Waals surface area (Å²) in [5.41, 5.74) is 0.967. The summed E-state index contributed by atoms with van der Waals surface area (Å²) >= 11 is 7.81. The second kappa shape index (κ2) is 5.59. The molecule has 2 aromatic carbocycles. The van der Waals surface area contributed by atoms with Gasteiger partial charge in [0.15, 0.2) is 5.15 Å². The van der Waals surface area contributed by atoms with E-state index in [4.69, 9.17) is 11.6 Å². The van der Waals surface area contributed by atoms with Crippen molar-refractivity contribution in [3.8, 4) is 0 Å². The van der Waals surface area contributed by atoms with Crippen molar-refractivity contribution in [1.82, 2.24) is 10.2 Å². The van der Waals surface area contributed by atoms with Gasteiger partial charge < -0.3 is 0 Å². The molecule has 0 saturated carbocycles. The predicted octanol–water partition coefficient (Wildman–Crippen LogP) is 4.58. The highest BCUT2D eigenvalue weighted by atomic mass is 35.5. The third-order valence-electron chi connectivity index (χ3n) is 2.84. The summed E-state index contributed by atoms with van der Waals surface area (Å²) in [5, 5.41) is 10.7. The zero-order chi connectivity index (χ0) is 13.1. The number of halogens is 1. The first-order valence-corrected chi connectivity index (χ1v) is 7.28. The van der Waals surface area contributed by atoms with E-state index in [1.807, 2.05) is 42.5 Å². The van der Waals surface area contributed by atoms with E-state index in [-0.39, 0.29) is 0 Å². The van der Waals surface area contributed by atoms with Gasteiger partial charge >= 0.3 is 0 Å². The van der Waals surface area contributed by atoms with Crippen LogP contribution >= 0.6 is 23.4 Å². The maximum Gasteiger partial charge on any atom is 0.159 e. The Morgan fingerprint density at radius 3 is 2.32 bits per heavy atom. The minimum atomic E-state index is 0.462. The SMILES string of the molecule is Clc1nnc(CSc2ccccc2)c2ccccc12. The predicted molar refractivity (Wildman–Crippen MR) is 80.6 cm³/mol. The summed E-state index contributed by atoms with van der Waals surface area (Å²) in [6.07, 6.45) is 0. The first kappa shape index (κ1) is 12.5. The number of nitrogens with zero attached hydrogens (tertiary/aromatic N) is 2. The molecule has 0 amide bonds. The van der Waals surface area contributed by atoms with Crippen molar-refractivity contribution in [2.24, 2.45) is 0 Å². The van der Waals surface area contributed by atoms with Crippen LogP contribution in [0, 0.1) is 0 Å². The molecule has 94 valence electrons. The normalized spacial score (nSPS) is 10.8. The molecule has 0 fully saturated rings. The van der Waals surface area contributed by atoms with Crippen LogP contribution in [0.2, 0.25) is 5.15 Å². The van der Waals surface area contributed by atoms with Crippen LogP contribution in [0.15, 0.2) is 59.5 Å². The first-order valence-electron chi connectivity index (χ1n) is 5.92. The summed E-state index contributed by atoms with van der Waals surface area (Å²) in [7, 11) is 0. The highest BCUT2D eigenvalue weighted by Crippen LogP contribution is 2.27. The van der Waals surface area contributed by atoms with E-state index in [2.05, 4.69) is 22.3 Å². The molecular weight excluding hydrogens is 276 g/mol. The molecule has 0 bridgehead atoms. The molecule has 0 radical (unpaired) electrons. The molecule has 1 heterocycles. The Morgan fingerprint density at radius 1 is 0.842 bits per heavy atom. The minimum Gasteiger partial charge on any atom is -0.153 e. The lowest BCUT2D eigenvalue weighted by Crippen LogP contribution is -1.94.